The Morgan fingerprint density at radius 1 is 0.733 bits per heavy atom. The molecule has 0 bridgehead atoms. The van der Waals surface area contributed by atoms with Crippen molar-refractivity contribution < 1.29 is 26.3 Å². The second-order valence-corrected chi connectivity index (χ2v) is 3.12. The number of rotatable bonds is 0. The van der Waals surface area contributed by atoms with Gasteiger partial charge in [-0.2, -0.15) is 26.3 Å². The molecular formula is C8H7F6N. The first-order valence-electron chi connectivity index (χ1n) is 3.88. The van der Waals surface area contributed by atoms with Crippen molar-refractivity contribution in [1.29, 1.82) is 0 Å². The Balaban J connectivity index is 3.38. The topological polar surface area (TPSA) is 15.8 Å². The summed E-state index contributed by atoms with van der Waals surface area (Å²) >= 11 is 0. The SMILES string of the molecule is Cc1c(C(F)(F)F)[nH]c(C(F)(F)F)c1C. The molecule has 7 heteroatoms. The monoisotopic (exact) mass is 231 g/mol. The van der Waals surface area contributed by atoms with Gasteiger partial charge in [-0.1, -0.05) is 0 Å². The summed E-state index contributed by atoms with van der Waals surface area (Å²) in [6.45, 7) is 2.01. The fourth-order valence-electron chi connectivity index (χ4n) is 1.25. The molecule has 1 N–H and O–H groups in total. The maximum atomic E-state index is 12.2. The van der Waals surface area contributed by atoms with Gasteiger partial charge in [0.05, 0.1) is 0 Å². The zero-order valence-electron chi connectivity index (χ0n) is 7.77. The quantitative estimate of drug-likeness (QED) is 0.655. The first kappa shape index (κ1) is 11.9. The van der Waals surface area contributed by atoms with Crippen molar-refractivity contribution in [2.24, 2.45) is 0 Å². The average Bonchev–Trinajstić information content (AvgIpc) is 2.26. The number of hydrogen-bond acceptors (Lipinski definition) is 0. The molecule has 86 valence electrons. The summed E-state index contributed by atoms with van der Waals surface area (Å²) < 4.78 is 73.4. The van der Waals surface area contributed by atoms with Gasteiger partial charge in [0.1, 0.15) is 11.4 Å². The van der Waals surface area contributed by atoms with Crippen LogP contribution in [-0.4, -0.2) is 4.98 Å². The second-order valence-electron chi connectivity index (χ2n) is 3.12. The van der Waals surface area contributed by atoms with Crippen LogP contribution in [0.3, 0.4) is 0 Å². The number of aromatic nitrogens is 1. The van der Waals surface area contributed by atoms with Crippen LogP contribution >= 0.6 is 0 Å². The predicted octanol–water partition coefficient (Wildman–Crippen LogP) is 3.67. The van der Waals surface area contributed by atoms with Crippen LogP contribution in [0.5, 0.6) is 0 Å². The van der Waals surface area contributed by atoms with Crippen LogP contribution in [0.25, 0.3) is 0 Å². The summed E-state index contributed by atoms with van der Waals surface area (Å²) in [5.74, 6) is 0. The standard InChI is InChI=1S/C8H7F6N/c1-3-4(2)6(8(12,13)14)15-5(3)7(9,10)11/h15H,1-2H3. The normalized spacial score (nSPS) is 13.3. The minimum Gasteiger partial charge on any atom is -0.347 e. The van der Waals surface area contributed by atoms with Gasteiger partial charge in [-0.25, -0.2) is 0 Å². The third-order valence-electron chi connectivity index (χ3n) is 2.13. The molecule has 0 spiro atoms. The summed E-state index contributed by atoms with van der Waals surface area (Å²) in [4.78, 5) is 1.38. The summed E-state index contributed by atoms with van der Waals surface area (Å²) in [7, 11) is 0. The van der Waals surface area contributed by atoms with Crippen molar-refractivity contribution in [3.63, 3.8) is 0 Å². The molecule has 15 heavy (non-hydrogen) atoms. The Labute approximate surface area is 81.1 Å². The Hall–Kier alpha value is -1.14. The fraction of sp³-hybridized carbons (Fsp3) is 0.500. The van der Waals surface area contributed by atoms with E-state index in [9.17, 15) is 26.3 Å². The number of nitrogens with one attached hydrogen (secondary N) is 1. The summed E-state index contributed by atoms with van der Waals surface area (Å²) in [6, 6.07) is 0. The molecule has 0 aliphatic heterocycles. The maximum Gasteiger partial charge on any atom is 0.431 e. The highest BCUT2D eigenvalue weighted by Crippen LogP contribution is 2.38. The molecule has 1 aromatic heterocycles. The first-order chi connectivity index (χ1) is 6.55. The highest BCUT2D eigenvalue weighted by molar-refractivity contribution is 5.37. The van der Waals surface area contributed by atoms with E-state index in [0.29, 0.717) is 0 Å². The van der Waals surface area contributed by atoms with Crippen LogP contribution in [-0.2, 0) is 12.4 Å². The average molecular weight is 231 g/mol. The molecule has 1 nitrogen and oxygen atoms in total. The molecule has 0 fully saturated rings. The lowest BCUT2D eigenvalue weighted by Gasteiger charge is -2.05. The van der Waals surface area contributed by atoms with Crippen molar-refractivity contribution in [3.05, 3.63) is 22.5 Å². The van der Waals surface area contributed by atoms with Crippen molar-refractivity contribution in [1.82, 2.24) is 4.98 Å². The van der Waals surface area contributed by atoms with E-state index in [1.165, 1.54) is 4.98 Å². The summed E-state index contributed by atoms with van der Waals surface area (Å²) in [5.41, 5.74) is -3.52. The molecule has 0 saturated carbocycles. The van der Waals surface area contributed by atoms with Gasteiger partial charge in [0, 0.05) is 0 Å². The number of alkyl halides is 6. The lowest BCUT2D eigenvalue weighted by atomic mass is 10.1. The van der Waals surface area contributed by atoms with E-state index in [-0.39, 0.29) is 0 Å². The van der Waals surface area contributed by atoms with E-state index in [0.717, 1.165) is 13.8 Å². The van der Waals surface area contributed by atoms with E-state index in [2.05, 4.69) is 0 Å². The Kier molecular flexibility index (Phi) is 2.53. The van der Waals surface area contributed by atoms with Gasteiger partial charge in [-0.15, -0.1) is 0 Å². The van der Waals surface area contributed by atoms with Gasteiger partial charge in [0.25, 0.3) is 0 Å². The number of aromatic amines is 1. The van der Waals surface area contributed by atoms with Gasteiger partial charge in [-0.05, 0) is 25.0 Å². The summed E-state index contributed by atoms with van der Waals surface area (Å²) in [6.07, 6.45) is -9.59. The van der Waals surface area contributed by atoms with E-state index in [1.54, 1.807) is 0 Å². The third-order valence-corrected chi connectivity index (χ3v) is 2.13. The molecule has 1 aromatic rings. The number of halogens is 6. The van der Waals surface area contributed by atoms with Crippen LogP contribution < -0.4 is 0 Å². The zero-order chi connectivity index (χ0) is 12.0. The molecule has 0 atom stereocenters. The van der Waals surface area contributed by atoms with Crippen LogP contribution in [0.1, 0.15) is 22.5 Å². The molecule has 0 unspecified atom stereocenters. The van der Waals surface area contributed by atoms with Gasteiger partial charge in [0.15, 0.2) is 0 Å². The van der Waals surface area contributed by atoms with E-state index in [4.69, 9.17) is 0 Å². The number of hydrogen-bond donors (Lipinski definition) is 1. The van der Waals surface area contributed by atoms with Crippen LogP contribution in [0, 0.1) is 13.8 Å². The van der Waals surface area contributed by atoms with Gasteiger partial charge < -0.3 is 4.98 Å². The Morgan fingerprint density at radius 3 is 1.13 bits per heavy atom. The largest absolute Gasteiger partial charge is 0.431 e. The highest BCUT2D eigenvalue weighted by Gasteiger charge is 2.41. The first-order valence-corrected chi connectivity index (χ1v) is 3.88. The predicted molar refractivity (Wildman–Crippen MR) is 40.3 cm³/mol. The molecule has 0 aliphatic carbocycles. The zero-order valence-corrected chi connectivity index (χ0v) is 7.77. The van der Waals surface area contributed by atoms with E-state index < -0.39 is 34.9 Å². The van der Waals surface area contributed by atoms with Crippen molar-refractivity contribution in [2.75, 3.05) is 0 Å². The van der Waals surface area contributed by atoms with Gasteiger partial charge in [-0.3, -0.25) is 0 Å². The van der Waals surface area contributed by atoms with Crippen LogP contribution in [0.2, 0.25) is 0 Å². The van der Waals surface area contributed by atoms with Crippen molar-refractivity contribution >= 4 is 0 Å². The smallest absolute Gasteiger partial charge is 0.347 e. The lowest BCUT2D eigenvalue weighted by molar-refractivity contribution is -0.148. The van der Waals surface area contributed by atoms with Crippen LogP contribution in [0.4, 0.5) is 26.3 Å². The molecule has 1 heterocycles. The van der Waals surface area contributed by atoms with Crippen molar-refractivity contribution in [3.8, 4) is 0 Å². The molecule has 0 amide bonds. The second kappa shape index (κ2) is 3.18. The highest BCUT2D eigenvalue weighted by atomic mass is 19.4. The van der Waals surface area contributed by atoms with E-state index >= 15 is 0 Å². The van der Waals surface area contributed by atoms with Gasteiger partial charge >= 0.3 is 12.4 Å². The molecule has 0 radical (unpaired) electrons. The minimum absolute atomic E-state index is 0.421. The minimum atomic E-state index is -4.79. The third kappa shape index (κ3) is 2.10. The van der Waals surface area contributed by atoms with Gasteiger partial charge in [0.2, 0.25) is 0 Å². The Morgan fingerprint density at radius 2 is 1.00 bits per heavy atom. The van der Waals surface area contributed by atoms with Crippen molar-refractivity contribution in [2.45, 2.75) is 26.2 Å². The van der Waals surface area contributed by atoms with Crippen LogP contribution in [0.15, 0.2) is 0 Å². The molecule has 0 aliphatic rings. The maximum absolute atomic E-state index is 12.2. The molecule has 0 saturated heterocycles. The fourth-order valence-corrected chi connectivity index (χ4v) is 1.25. The Bertz CT molecular complexity index is 335. The molecule has 1 rings (SSSR count). The molecule has 0 aromatic carbocycles. The lowest BCUT2D eigenvalue weighted by Crippen LogP contribution is -2.10. The number of H-pyrrole nitrogens is 1. The van der Waals surface area contributed by atoms with E-state index in [1.807, 2.05) is 0 Å². The molecular weight excluding hydrogens is 224 g/mol. The summed E-state index contributed by atoms with van der Waals surface area (Å²) in [5, 5.41) is 0.